The van der Waals surface area contributed by atoms with Crippen LogP contribution in [-0.4, -0.2) is 193 Å². The normalized spacial score (nSPS) is 27.5. The molecule has 19 nitrogen and oxygen atoms in total. The highest BCUT2D eigenvalue weighted by Gasteiger charge is 2.53. The zero-order valence-corrected chi connectivity index (χ0v) is 58.9. The number of nitrogens with one attached hydrogen (secondary N) is 1. The lowest BCUT2D eigenvalue weighted by atomic mass is 9.96. The monoisotopic (exact) mass is 1350 g/mol. The Labute approximate surface area is 573 Å². The van der Waals surface area contributed by atoms with Crippen LogP contribution in [0.3, 0.4) is 0 Å². The predicted molar refractivity (Wildman–Crippen MR) is 374 cm³/mol. The van der Waals surface area contributed by atoms with Gasteiger partial charge in [-0.15, -0.1) is 0 Å². The van der Waals surface area contributed by atoms with Crippen LogP contribution >= 0.6 is 0 Å². The predicted octanol–water partition coefficient (Wildman–Crippen LogP) is 11.5. The van der Waals surface area contributed by atoms with Crippen LogP contribution in [-0.2, 0) is 33.2 Å². The zero-order valence-electron chi connectivity index (χ0n) is 58.9. The van der Waals surface area contributed by atoms with Gasteiger partial charge in [-0.25, -0.2) is 0 Å². The Morgan fingerprint density at radius 1 is 0.389 bits per heavy atom. The van der Waals surface area contributed by atoms with Crippen LogP contribution in [0.5, 0.6) is 0 Å². The Morgan fingerprint density at radius 3 is 1.14 bits per heavy atom. The van der Waals surface area contributed by atoms with Gasteiger partial charge in [0.1, 0.15) is 73.2 Å². The molecule has 12 N–H and O–H groups in total. The van der Waals surface area contributed by atoms with Gasteiger partial charge >= 0.3 is 0 Å². The number of amides is 1. The molecule has 0 aliphatic carbocycles. The molecule has 0 bridgehead atoms. The first-order chi connectivity index (χ1) is 46.3. The van der Waals surface area contributed by atoms with E-state index in [2.05, 4.69) is 67.8 Å². The zero-order chi connectivity index (χ0) is 68.9. The van der Waals surface area contributed by atoms with Gasteiger partial charge in [0.25, 0.3) is 0 Å². The van der Waals surface area contributed by atoms with Gasteiger partial charge in [0, 0.05) is 6.42 Å². The Hall–Kier alpha value is -2.51. The van der Waals surface area contributed by atoms with E-state index in [0.29, 0.717) is 6.42 Å². The van der Waals surface area contributed by atoms with E-state index in [1.165, 1.54) is 180 Å². The average molecular weight is 1350 g/mol. The molecule has 3 fully saturated rings. The second-order valence-corrected chi connectivity index (χ2v) is 27.1. The Kier molecular flexibility index (Phi) is 52.2. The number of ether oxygens (including phenoxy) is 6. The number of carbonyl (C=O) groups excluding carboxylic acids is 1. The summed E-state index contributed by atoms with van der Waals surface area (Å²) in [5.41, 5.74) is 0. The first-order valence-electron chi connectivity index (χ1n) is 38.0. The van der Waals surface area contributed by atoms with E-state index < -0.39 is 124 Å². The van der Waals surface area contributed by atoms with Crippen LogP contribution in [0.15, 0.2) is 60.8 Å². The average Bonchev–Trinajstić information content (AvgIpc) is 0.787. The lowest BCUT2D eigenvalue weighted by Gasteiger charge is -2.48. The summed E-state index contributed by atoms with van der Waals surface area (Å²) in [5.74, 6) is -0.298. The Bertz CT molecular complexity index is 1950. The van der Waals surface area contributed by atoms with Crippen molar-refractivity contribution in [1.29, 1.82) is 0 Å². The maximum atomic E-state index is 13.4. The summed E-state index contributed by atoms with van der Waals surface area (Å²) in [6.07, 6.45) is 45.1. The van der Waals surface area contributed by atoms with Gasteiger partial charge in [-0.05, 0) is 57.8 Å². The fourth-order valence-corrected chi connectivity index (χ4v) is 12.7. The van der Waals surface area contributed by atoms with Crippen molar-refractivity contribution in [2.24, 2.45) is 0 Å². The summed E-state index contributed by atoms with van der Waals surface area (Å²) in [6.45, 7) is 1.62. The maximum absolute atomic E-state index is 13.4. The maximum Gasteiger partial charge on any atom is 0.220 e. The van der Waals surface area contributed by atoms with Crippen molar-refractivity contribution >= 4 is 5.91 Å². The highest BCUT2D eigenvalue weighted by Crippen LogP contribution is 2.33. The van der Waals surface area contributed by atoms with Gasteiger partial charge in [-0.3, -0.25) is 4.79 Å². The van der Waals surface area contributed by atoms with E-state index in [4.69, 9.17) is 28.4 Å². The minimum Gasteiger partial charge on any atom is -0.394 e. The fourth-order valence-electron chi connectivity index (χ4n) is 12.7. The highest BCUT2D eigenvalue weighted by molar-refractivity contribution is 5.76. The van der Waals surface area contributed by atoms with Crippen molar-refractivity contribution in [3.05, 3.63) is 60.8 Å². The van der Waals surface area contributed by atoms with Crippen molar-refractivity contribution in [3.8, 4) is 0 Å². The molecule has 3 heterocycles. The number of hydrogen-bond acceptors (Lipinski definition) is 18. The number of aliphatic hydroxyl groups is 11. The fraction of sp³-hybridized carbons (Fsp3) is 0.855. The van der Waals surface area contributed by atoms with E-state index in [1.54, 1.807) is 6.08 Å². The van der Waals surface area contributed by atoms with E-state index >= 15 is 0 Å². The van der Waals surface area contributed by atoms with E-state index in [9.17, 15) is 61.0 Å². The molecular weight excluding hydrogens is 1210 g/mol. The van der Waals surface area contributed by atoms with E-state index in [0.717, 1.165) is 77.0 Å². The lowest BCUT2D eigenvalue weighted by Crippen LogP contribution is -2.66. The summed E-state index contributed by atoms with van der Waals surface area (Å²) in [7, 11) is 0. The molecule has 17 atom stereocenters. The summed E-state index contributed by atoms with van der Waals surface area (Å²) >= 11 is 0. The molecule has 3 saturated heterocycles. The topological polar surface area (TPSA) is 307 Å². The largest absolute Gasteiger partial charge is 0.394 e. The molecule has 0 aromatic rings. The van der Waals surface area contributed by atoms with Crippen LogP contribution in [0.25, 0.3) is 0 Å². The molecule has 3 aliphatic heterocycles. The van der Waals surface area contributed by atoms with Crippen molar-refractivity contribution in [2.75, 3.05) is 26.4 Å². The number of rotatable bonds is 59. The smallest absolute Gasteiger partial charge is 0.220 e. The highest BCUT2D eigenvalue weighted by atomic mass is 16.8. The summed E-state index contributed by atoms with van der Waals surface area (Å²) < 4.78 is 34.4. The first-order valence-corrected chi connectivity index (χ1v) is 38.0. The second kappa shape index (κ2) is 57.2. The van der Waals surface area contributed by atoms with Crippen LogP contribution in [0, 0.1) is 0 Å². The number of allylic oxidation sites excluding steroid dienone is 9. The first kappa shape index (κ1) is 86.7. The minimum atomic E-state index is -1.98. The molecule has 95 heavy (non-hydrogen) atoms. The van der Waals surface area contributed by atoms with Gasteiger partial charge in [0.2, 0.25) is 5.91 Å². The summed E-state index contributed by atoms with van der Waals surface area (Å²) in [6, 6.07) is -0.990. The van der Waals surface area contributed by atoms with Gasteiger partial charge in [-0.1, -0.05) is 280 Å². The second-order valence-electron chi connectivity index (χ2n) is 27.1. The molecule has 0 aromatic carbocycles. The SMILES string of the molecule is CC/C=C\C/C=C\C/C=C\C/C=C\CCCCCCC(=O)NC(COC1OC(CO)C(OC2OC(CO)C(OC3OC(CO)C(O)C(O)C3O)C(O)C2O)C(O)C1O)C(O)/C=C/CCCCCCCCCCCCCCCCCCCCCCCCCCCCCCCCC. The number of carbonyl (C=O) groups is 1. The van der Waals surface area contributed by atoms with Gasteiger partial charge in [0.15, 0.2) is 18.9 Å². The standard InChI is InChI=1S/C76H137NO18/c1-3-5-7-9-11-13-15-17-19-21-22-23-24-25-26-27-28-29-30-31-32-33-34-35-36-38-39-41-43-45-47-49-51-53-60(81)59(77-64(82)54-52-50-48-46-44-42-40-37-20-18-16-14-12-10-8-6-4-2)58-90-74-70(88)67(85)72(62(56-79)92-74)95-76-71(89)68(86)73(63(57-80)93-76)94-75-69(87)66(84)65(83)61(55-78)91-75/h6,8,12,14,18,20,40,42,51,53,59-63,65-76,78-81,83-89H,3-5,7,9-11,13,15-17,19,21-39,41,43-50,52,54-58H2,1-2H3,(H,77,82)/b8-6-,14-12-,20-18-,42-40-,53-51+. The molecule has 0 aromatic heterocycles. The molecule has 3 aliphatic rings. The number of aliphatic hydroxyl groups excluding tert-OH is 11. The molecular formula is C76H137NO18. The Balaban J connectivity index is 1.37. The van der Waals surface area contributed by atoms with E-state index in [-0.39, 0.29) is 18.9 Å². The van der Waals surface area contributed by atoms with Crippen molar-refractivity contribution in [3.63, 3.8) is 0 Å². The third kappa shape index (κ3) is 38.2. The molecule has 0 saturated carbocycles. The van der Waals surface area contributed by atoms with Crippen molar-refractivity contribution in [2.45, 2.75) is 388 Å². The van der Waals surface area contributed by atoms with Gasteiger partial charge < -0.3 is 89.9 Å². The molecule has 554 valence electrons. The Morgan fingerprint density at radius 2 is 0.726 bits per heavy atom. The van der Waals surface area contributed by atoms with Crippen molar-refractivity contribution in [1.82, 2.24) is 5.32 Å². The summed E-state index contributed by atoms with van der Waals surface area (Å²) in [5, 5.41) is 121. The number of unbranched alkanes of at least 4 members (excludes halogenated alkanes) is 35. The molecule has 17 unspecified atom stereocenters. The van der Waals surface area contributed by atoms with E-state index in [1.807, 2.05) is 6.08 Å². The van der Waals surface area contributed by atoms with Gasteiger partial charge in [-0.2, -0.15) is 0 Å². The van der Waals surface area contributed by atoms with Crippen LogP contribution in [0.4, 0.5) is 0 Å². The van der Waals surface area contributed by atoms with Crippen LogP contribution in [0.1, 0.15) is 284 Å². The number of hydrogen-bond donors (Lipinski definition) is 12. The molecule has 3 rings (SSSR count). The molecule has 1 amide bonds. The quantitative estimate of drug-likeness (QED) is 0.0199. The molecule has 19 heteroatoms. The van der Waals surface area contributed by atoms with Crippen LogP contribution in [0.2, 0.25) is 0 Å². The molecule has 0 spiro atoms. The molecule has 0 radical (unpaired) electrons. The lowest BCUT2D eigenvalue weighted by molar-refractivity contribution is -0.379. The van der Waals surface area contributed by atoms with Crippen LogP contribution < -0.4 is 5.32 Å². The minimum absolute atomic E-state index is 0.213. The van der Waals surface area contributed by atoms with Gasteiger partial charge in [0.05, 0.1) is 38.6 Å². The third-order valence-corrected chi connectivity index (χ3v) is 18.8. The third-order valence-electron chi connectivity index (χ3n) is 18.8. The summed E-state index contributed by atoms with van der Waals surface area (Å²) in [4.78, 5) is 13.4. The van der Waals surface area contributed by atoms with Crippen molar-refractivity contribution < 1.29 is 89.4 Å².